The van der Waals surface area contributed by atoms with Crippen LogP contribution < -0.4 is 14.8 Å². The van der Waals surface area contributed by atoms with Crippen LogP contribution >= 0.6 is 15.9 Å². The van der Waals surface area contributed by atoms with Crippen molar-refractivity contribution < 1.29 is 23.8 Å². The van der Waals surface area contributed by atoms with E-state index in [2.05, 4.69) is 35.1 Å². The lowest BCUT2D eigenvalue weighted by Gasteiger charge is -2.13. The Labute approximate surface area is 151 Å². The molecule has 1 amide bonds. The van der Waals surface area contributed by atoms with Crippen LogP contribution in [-0.4, -0.2) is 38.7 Å². The number of rotatable bonds is 9. The van der Waals surface area contributed by atoms with E-state index < -0.39 is 5.97 Å². The standard InChI is InChI=1S/C17H24BrNO5/c1-5-23-16-13(18)8-12(9-14(16)22-4)17(21)24-10-15(20)19-7-6-11(2)3/h8-9,11H,5-7,10H2,1-4H3,(H,19,20). The fourth-order valence-electron chi connectivity index (χ4n) is 1.89. The molecule has 134 valence electrons. The molecule has 0 aliphatic heterocycles. The second-order valence-corrected chi connectivity index (χ2v) is 6.39. The van der Waals surface area contributed by atoms with Crippen LogP contribution in [-0.2, 0) is 9.53 Å². The zero-order chi connectivity index (χ0) is 18.1. The number of hydrogen-bond donors (Lipinski definition) is 1. The Hall–Kier alpha value is -1.76. The van der Waals surface area contributed by atoms with Gasteiger partial charge in [0.15, 0.2) is 18.1 Å². The van der Waals surface area contributed by atoms with E-state index in [1.54, 1.807) is 6.07 Å². The topological polar surface area (TPSA) is 73.9 Å². The van der Waals surface area contributed by atoms with Crippen LogP contribution in [0.25, 0.3) is 0 Å². The summed E-state index contributed by atoms with van der Waals surface area (Å²) < 4.78 is 16.3. The number of carbonyl (C=O) groups is 2. The van der Waals surface area contributed by atoms with Gasteiger partial charge in [0.1, 0.15) is 0 Å². The van der Waals surface area contributed by atoms with Gasteiger partial charge in [-0.1, -0.05) is 13.8 Å². The smallest absolute Gasteiger partial charge is 0.338 e. The molecule has 0 heterocycles. The normalized spacial score (nSPS) is 10.4. The highest BCUT2D eigenvalue weighted by Gasteiger charge is 2.17. The zero-order valence-electron chi connectivity index (χ0n) is 14.5. The van der Waals surface area contributed by atoms with Gasteiger partial charge in [0, 0.05) is 6.54 Å². The predicted octanol–water partition coefficient (Wildman–Crippen LogP) is 3.18. The molecule has 0 aromatic heterocycles. The van der Waals surface area contributed by atoms with Gasteiger partial charge in [-0.25, -0.2) is 4.79 Å². The van der Waals surface area contributed by atoms with Gasteiger partial charge in [-0.15, -0.1) is 0 Å². The Morgan fingerprint density at radius 1 is 1.29 bits per heavy atom. The first-order valence-electron chi connectivity index (χ1n) is 7.83. The molecular weight excluding hydrogens is 378 g/mol. The van der Waals surface area contributed by atoms with Gasteiger partial charge in [-0.05, 0) is 47.3 Å². The van der Waals surface area contributed by atoms with Gasteiger partial charge >= 0.3 is 5.97 Å². The molecule has 1 aromatic carbocycles. The Bertz CT molecular complexity index is 574. The summed E-state index contributed by atoms with van der Waals surface area (Å²) in [5.74, 6) is 0.515. The number of halogens is 1. The summed E-state index contributed by atoms with van der Waals surface area (Å²) in [6.07, 6.45) is 0.878. The molecule has 24 heavy (non-hydrogen) atoms. The minimum atomic E-state index is -0.601. The van der Waals surface area contributed by atoms with Crippen molar-refractivity contribution in [1.82, 2.24) is 5.32 Å². The highest BCUT2D eigenvalue weighted by molar-refractivity contribution is 9.10. The van der Waals surface area contributed by atoms with Gasteiger partial charge in [0.05, 0.1) is 23.8 Å². The number of esters is 1. The maximum atomic E-state index is 12.1. The molecule has 1 N–H and O–H groups in total. The first-order valence-corrected chi connectivity index (χ1v) is 8.62. The number of benzene rings is 1. The Kier molecular flexibility index (Phi) is 8.60. The molecule has 0 atom stereocenters. The average Bonchev–Trinajstić information content (AvgIpc) is 2.53. The summed E-state index contributed by atoms with van der Waals surface area (Å²) in [5.41, 5.74) is 0.275. The molecule has 6 nitrogen and oxygen atoms in total. The van der Waals surface area contributed by atoms with Crippen LogP contribution in [0.4, 0.5) is 0 Å². The zero-order valence-corrected chi connectivity index (χ0v) is 16.1. The fourth-order valence-corrected chi connectivity index (χ4v) is 2.44. The van der Waals surface area contributed by atoms with Crippen LogP contribution in [0.3, 0.4) is 0 Å². The molecule has 0 unspecified atom stereocenters. The maximum absolute atomic E-state index is 12.1. The van der Waals surface area contributed by atoms with Crippen LogP contribution in [0.1, 0.15) is 37.6 Å². The Morgan fingerprint density at radius 2 is 2.00 bits per heavy atom. The summed E-state index contributed by atoms with van der Waals surface area (Å²) in [6.45, 7) is 6.72. The summed E-state index contributed by atoms with van der Waals surface area (Å²) in [5, 5.41) is 2.71. The third-order valence-electron chi connectivity index (χ3n) is 3.13. The first-order chi connectivity index (χ1) is 11.4. The van der Waals surface area contributed by atoms with Gasteiger partial charge in [-0.2, -0.15) is 0 Å². The second-order valence-electron chi connectivity index (χ2n) is 5.53. The average molecular weight is 402 g/mol. The predicted molar refractivity (Wildman–Crippen MR) is 94.6 cm³/mol. The van der Waals surface area contributed by atoms with E-state index >= 15 is 0 Å². The van der Waals surface area contributed by atoms with Crippen LogP contribution in [0.5, 0.6) is 11.5 Å². The lowest BCUT2D eigenvalue weighted by atomic mass is 10.1. The Balaban J connectivity index is 2.65. The minimum Gasteiger partial charge on any atom is -0.493 e. The van der Waals surface area contributed by atoms with Crippen molar-refractivity contribution in [2.24, 2.45) is 5.92 Å². The van der Waals surface area contributed by atoms with E-state index in [0.717, 1.165) is 6.42 Å². The van der Waals surface area contributed by atoms with Crippen LogP contribution in [0.2, 0.25) is 0 Å². The number of nitrogens with one attached hydrogen (secondary N) is 1. The van der Waals surface area contributed by atoms with Crippen molar-refractivity contribution in [2.75, 3.05) is 26.9 Å². The van der Waals surface area contributed by atoms with Crippen molar-refractivity contribution >= 4 is 27.8 Å². The number of amides is 1. The third-order valence-corrected chi connectivity index (χ3v) is 3.72. The van der Waals surface area contributed by atoms with E-state index in [1.165, 1.54) is 13.2 Å². The van der Waals surface area contributed by atoms with Crippen LogP contribution in [0.15, 0.2) is 16.6 Å². The van der Waals surface area contributed by atoms with Gasteiger partial charge in [-0.3, -0.25) is 4.79 Å². The number of methoxy groups -OCH3 is 1. The SMILES string of the molecule is CCOc1c(Br)cc(C(=O)OCC(=O)NCCC(C)C)cc1OC. The molecule has 0 bridgehead atoms. The van der Waals surface area contributed by atoms with E-state index in [-0.39, 0.29) is 18.1 Å². The molecule has 0 radical (unpaired) electrons. The molecule has 0 saturated carbocycles. The molecule has 1 aromatic rings. The van der Waals surface area contributed by atoms with Gasteiger partial charge in [0.25, 0.3) is 5.91 Å². The molecule has 0 aliphatic carbocycles. The van der Waals surface area contributed by atoms with Gasteiger partial charge < -0.3 is 19.5 Å². The Morgan fingerprint density at radius 3 is 2.58 bits per heavy atom. The highest BCUT2D eigenvalue weighted by Crippen LogP contribution is 2.36. The largest absolute Gasteiger partial charge is 0.493 e. The summed E-state index contributed by atoms with van der Waals surface area (Å²) in [4.78, 5) is 23.7. The number of ether oxygens (including phenoxy) is 3. The molecule has 1 rings (SSSR count). The van der Waals surface area contributed by atoms with Gasteiger partial charge in [0.2, 0.25) is 0 Å². The van der Waals surface area contributed by atoms with E-state index in [0.29, 0.717) is 35.0 Å². The number of hydrogen-bond acceptors (Lipinski definition) is 5. The van der Waals surface area contributed by atoms with Crippen LogP contribution in [0, 0.1) is 5.92 Å². The van der Waals surface area contributed by atoms with E-state index in [1.807, 2.05) is 6.92 Å². The molecule has 0 spiro atoms. The lowest BCUT2D eigenvalue weighted by Crippen LogP contribution is -2.30. The molecule has 7 heteroatoms. The van der Waals surface area contributed by atoms with Crippen molar-refractivity contribution in [3.8, 4) is 11.5 Å². The second kappa shape index (κ2) is 10.2. The quantitative estimate of drug-likeness (QED) is 0.643. The summed E-state index contributed by atoms with van der Waals surface area (Å²) >= 11 is 3.34. The summed E-state index contributed by atoms with van der Waals surface area (Å²) in [7, 11) is 1.49. The monoisotopic (exact) mass is 401 g/mol. The fraction of sp³-hybridized carbons (Fsp3) is 0.529. The first kappa shape index (κ1) is 20.3. The molecule has 0 aliphatic rings. The van der Waals surface area contributed by atoms with E-state index in [4.69, 9.17) is 14.2 Å². The number of carbonyl (C=O) groups excluding carboxylic acids is 2. The molecule has 0 fully saturated rings. The van der Waals surface area contributed by atoms with E-state index in [9.17, 15) is 9.59 Å². The van der Waals surface area contributed by atoms with Crippen molar-refractivity contribution in [3.63, 3.8) is 0 Å². The van der Waals surface area contributed by atoms with Crippen molar-refractivity contribution in [2.45, 2.75) is 27.2 Å². The van der Waals surface area contributed by atoms with Crippen molar-refractivity contribution in [3.05, 3.63) is 22.2 Å². The lowest BCUT2D eigenvalue weighted by molar-refractivity contribution is -0.124. The minimum absolute atomic E-state index is 0.275. The maximum Gasteiger partial charge on any atom is 0.338 e. The highest BCUT2D eigenvalue weighted by atomic mass is 79.9. The summed E-state index contributed by atoms with van der Waals surface area (Å²) in [6, 6.07) is 3.10. The molecular formula is C17H24BrNO5. The molecule has 0 saturated heterocycles. The third kappa shape index (κ3) is 6.39. The van der Waals surface area contributed by atoms with Crippen molar-refractivity contribution in [1.29, 1.82) is 0 Å².